The third-order valence-electron chi connectivity index (χ3n) is 1.41. The van der Waals surface area contributed by atoms with Crippen LogP contribution in [0.3, 0.4) is 0 Å². The summed E-state index contributed by atoms with van der Waals surface area (Å²) in [5.74, 6) is 0.496. The highest BCUT2D eigenvalue weighted by Gasteiger charge is 2.06. The van der Waals surface area contributed by atoms with Crippen LogP contribution < -0.4 is 9.64 Å². The Morgan fingerprint density at radius 2 is 2.00 bits per heavy atom. The van der Waals surface area contributed by atoms with Crippen LogP contribution in [0.15, 0.2) is 0 Å². The van der Waals surface area contributed by atoms with Gasteiger partial charge in [-0.2, -0.15) is 15.0 Å². The average molecular weight is 217 g/mol. The third kappa shape index (κ3) is 2.99. The van der Waals surface area contributed by atoms with Crippen LogP contribution in [0.5, 0.6) is 6.01 Å². The molecule has 1 aromatic rings. The molecule has 0 aromatic carbocycles. The summed E-state index contributed by atoms with van der Waals surface area (Å²) >= 11 is 5.70. The minimum absolute atomic E-state index is 0.148. The Morgan fingerprint density at radius 3 is 2.57 bits per heavy atom. The first kappa shape index (κ1) is 11.0. The maximum atomic E-state index is 5.70. The fraction of sp³-hybridized carbons (Fsp3) is 0.625. The fourth-order valence-electron chi connectivity index (χ4n) is 0.780. The average Bonchev–Trinajstić information content (AvgIpc) is 2.14. The third-order valence-corrected chi connectivity index (χ3v) is 1.58. The lowest BCUT2D eigenvalue weighted by Gasteiger charge is -2.10. The summed E-state index contributed by atoms with van der Waals surface area (Å²) in [7, 11) is 3.66. The predicted octanol–water partition coefficient (Wildman–Crippen LogP) is 1.38. The van der Waals surface area contributed by atoms with Gasteiger partial charge in [0.25, 0.3) is 0 Å². The second-order valence-electron chi connectivity index (χ2n) is 2.93. The summed E-state index contributed by atoms with van der Waals surface area (Å²) in [6.45, 7) is 2.59. The Hall–Kier alpha value is -1.10. The lowest BCUT2D eigenvalue weighted by Crippen LogP contribution is -2.14. The number of hydrogen-bond donors (Lipinski definition) is 0. The molecule has 1 aromatic heterocycles. The van der Waals surface area contributed by atoms with E-state index in [-0.39, 0.29) is 11.3 Å². The van der Waals surface area contributed by atoms with E-state index in [4.69, 9.17) is 16.3 Å². The highest BCUT2D eigenvalue weighted by molar-refractivity contribution is 6.28. The Labute approximate surface area is 88.1 Å². The van der Waals surface area contributed by atoms with Gasteiger partial charge in [-0.25, -0.2) is 0 Å². The molecule has 78 valence electrons. The molecule has 0 saturated heterocycles. The lowest BCUT2D eigenvalue weighted by molar-refractivity contribution is 0.291. The molecule has 0 saturated carbocycles. The Bertz CT molecular complexity index is 305. The monoisotopic (exact) mass is 216 g/mol. The molecule has 0 atom stereocenters. The number of halogens is 1. The van der Waals surface area contributed by atoms with E-state index in [9.17, 15) is 0 Å². The van der Waals surface area contributed by atoms with Crippen LogP contribution in [-0.2, 0) is 0 Å². The van der Waals surface area contributed by atoms with E-state index in [0.29, 0.717) is 12.6 Å². The van der Waals surface area contributed by atoms with Crippen molar-refractivity contribution in [1.29, 1.82) is 0 Å². The van der Waals surface area contributed by atoms with Crippen LogP contribution in [0.1, 0.15) is 13.3 Å². The fourth-order valence-corrected chi connectivity index (χ4v) is 0.928. The number of anilines is 1. The molecule has 0 fully saturated rings. The second kappa shape index (κ2) is 4.95. The van der Waals surface area contributed by atoms with Gasteiger partial charge in [-0.15, -0.1) is 0 Å². The van der Waals surface area contributed by atoms with Gasteiger partial charge in [0.15, 0.2) is 0 Å². The number of aromatic nitrogens is 3. The molecular weight excluding hydrogens is 204 g/mol. The zero-order valence-corrected chi connectivity index (χ0v) is 9.25. The number of ether oxygens (including phenoxy) is 1. The van der Waals surface area contributed by atoms with Crippen LogP contribution in [-0.4, -0.2) is 35.7 Å². The molecule has 5 nitrogen and oxygen atoms in total. The van der Waals surface area contributed by atoms with E-state index in [0.717, 1.165) is 6.42 Å². The maximum absolute atomic E-state index is 5.70. The zero-order chi connectivity index (χ0) is 10.6. The molecule has 0 amide bonds. The van der Waals surface area contributed by atoms with Gasteiger partial charge in [0.2, 0.25) is 11.2 Å². The van der Waals surface area contributed by atoms with Crippen LogP contribution in [0.25, 0.3) is 0 Å². The molecule has 14 heavy (non-hydrogen) atoms. The van der Waals surface area contributed by atoms with Crippen LogP contribution in [0.4, 0.5) is 5.95 Å². The largest absolute Gasteiger partial charge is 0.463 e. The van der Waals surface area contributed by atoms with E-state index in [1.807, 2.05) is 21.0 Å². The van der Waals surface area contributed by atoms with Crippen molar-refractivity contribution in [3.8, 4) is 6.01 Å². The van der Waals surface area contributed by atoms with Gasteiger partial charge in [-0.3, -0.25) is 0 Å². The van der Waals surface area contributed by atoms with Crippen LogP contribution in [0, 0.1) is 0 Å². The SMILES string of the molecule is CCCOc1nc(Cl)nc(N(C)C)n1. The van der Waals surface area contributed by atoms with Crippen molar-refractivity contribution in [2.45, 2.75) is 13.3 Å². The predicted molar refractivity (Wildman–Crippen MR) is 55.0 cm³/mol. The smallest absolute Gasteiger partial charge is 0.322 e. The summed E-state index contributed by atoms with van der Waals surface area (Å²) in [6, 6.07) is 0.274. The van der Waals surface area contributed by atoms with Crippen LogP contribution >= 0.6 is 11.6 Å². The molecule has 1 heterocycles. The molecule has 0 aliphatic heterocycles. The lowest BCUT2D eigenvalue weighted by atomic mass is 10.5. The number of hydrogen-bond acceptors (Lipinski definition) is 5. The summed E-state index contributed by atoms with van der Waals surface area (Å²) in [4.78, 5) is 13.6. The van der Waals surface area contributed by atoms with Gasteiger partial charge in [0.1, 0.15) is 0 Å². The minimum Gasteiger partial charge on any atom is -0.463 e. The zero-order valence-electron chi connectivity index (χ0n) is 8.49. The molecule has 0 aliphatic rings. The van der Waals surface area contributed by atoms with Gasteiger partial charge in [-0.05, 0) is 18.0 Å². The minimum atomic E-state index is 0.148. The van der Waals surface area contributed by atoms with Crippen molar-refractivity contribution in [3.05, 3.63) is 5.28 Å². The molecule has 0 aliphatic carbocycles. The van der Waals surface area contributed by atoms with Crippen molar-refractivity contribution < 1.29 is 4.74 Å². The molecule has 1 rings (SSSR count). The topological polar surface area (TPSA) is 51.1 Å². The second-order valence-corrected chi connectivity index (χ2v) is 3.27. The normalized spacial score (nSPS) is 10.0. The molecule has 0 bridgehead atoms. The van der Waals surface area contributed by atoms with Crippen molar-refractivity contribution in [2.24, 2.45) is 0 Å². The summed E-state index contributed by atoms with van der Waals surface area (Å²) in [6.07, 6.45) is 0.903. The van der Waals surface area contributed by atoms with Gasteiger partial charge in [0, 0.05) is 14.1 Å². The van der Waals surface area contributed by atoms with Gasteiger partial charge < -0.3 is 9.64 Å². The van der Waals surface area contributed by atoms with Gasteiger partial charge >= 0.3 is 6.01 Å². The Morgan fingerprint density at radius 1 is 1.29 bits per heavy atom. The van der Waals surface area contributed by atoms with Gasteiger partial charge in [0.05, 0.1) is 6.61 Å². The van der Waals surface area contributed by atoms with E-state index < -0.39 is 0 Å². The summed E-state index contributed by atoms with van der Waals surface area (Å²) < 4.78 is 5.25. The highest BCUT2D eigenvalue weighted by Crippen LogP contribution is 2.12. The molecule has 0 spiro atoms. The van der Waals surface area contributed by atoms with Gasteiger partial charge in [-0.1, -0.05) is 6.92 Å². The Balaban J connectivity index is 2.84. The van der Waals surface area contributed by atoms with Crippen molar-refractivity contribution in [1.82, 2.24) is 15.0 Å². The first-order valence-corrected chi connectivity index (χ1v) is 4.73. The Kier molecular flexibility index (Phi) is 3.88. The molecule has 0 radical (unpaired) electrons. The first-order chi connectivity index (χ1) is 6.63. The highest BCUT2D eigenvalue weighted by atomic mass is 35.5. The van der Waals surface area contributed by atoms with Crippen molar-refractivity contribution in [3.63, 3.8) is 0 Å². The number of nitrogens with zero attached hydrogens (tertiary/aromatic N) is 4. The summed E-state index contributed by atoms with van der Waals surface area (Å²) in [5, 5.41) is 0.148. The van der Waals surface area contributed by atoms with Crippen molar-refractivity contribution >= 4 is 17.5 Å². The standard InChI is InChI=1S/C8H13ClN4O/c1-4-5-14-8-11-6(9)10-7(12-8)13(2)3/h4-5H2,1-3H3. The maximum Gasteiger partial charge on any atom is 0.322 e. The first-order valence-electron chi connectivity index (χ1n) is 4.35. The van der Waals surface area contributed by atoms with E-state index in [2.05, 4.69) is 15.0 Å². The van der Waals surface area contributed by atoms with Crippen molar-refractivity contribution in [2.75, 3.05) is 25.6 Å². The van der Waals surface area contributed by atoms with E-state index in [1.54, 1.807) is 4.90 Å². The quantitative estimate of drug-likeness (QED) is 0.761. The molecular formula is C8H13ClN4O. The van der Waals surface area contributed by atoms with Crippen LogP contribution in [0.2, 0.25) is 5.28 Å². The summed E-state index contributed by atoms with van der Waals surface area (Å²) in [5.41, 5.74) is 0. The molecule has 0 unspecified atom stereocenters. The molecule has 6 heteroatoms. The van der Waals surface area contributed by atoms with E-state index in [1.165, 1.54) is 0 Å². The molecule has 0 N–H and O–H groups in total. The van der Waals surface area contributed by atoms with E-state index >= 15 is 0 Å². The number of rotatable bonds is 4.